The second kappa shape index (κ2) is 6.89. The second-order valence-corrected chi connectivity index (χ2v) is 7.89. The predicted octanol–water partition coefficient (Wildman–Crippen LogP) is 3.85. The third-order valence-corrected chi connectivity index (χ3v) is 5.22. The molecule has 2 aromatic rings. The van der Waals surface area contributed by atoms with Gasteiger partial charge >= 0.3 is 0 Å². The van der Waals surface area contributed by atoms with Gasteiger partial charge in [-0.2, -0.15) is 0 Å². The molecular formula is C18H22N2O3S. The summed E-state index contributed by atoms with van der Waals surface area (Å²) in [4.78, 5) is 32.4. The molecule has 2 aromatic heterocycles. The fourth-order valence-electron chi connectivity index (χ4n) is 2.70. The Labute approximate surface area is 145 Å². The first-order valence-electron chi connectivity index (χ1n) is 8.23. The van der Waals surface area contributed by atoms with Crippen molar-refractivity contribution in [2.45, 2.75) is 52.0 Å². The van der Waals surface area contributed by atoms with Crippen molar-refractivity contribution in [1.29, 1.82) is 0 Å². The lowest BCUT2D eigenvalue weighted by atomic mass is 10.1. The Bertz CT molecular complexity index is 758. The van der Waals surface area contributed by atoms with E-state index < -0.39 is 0 Å². The van der Waals surface area contributed by atoms with Crippen molar-refractivity contribution < 1.29 is 14.0 Å². The molecule has 3 rings (SSSR count). The minimum atomic E-state index is -0.0703. The first-order chi connectivity index (χ1) is 11.4. The van der Waals surface area contributed by atoms with Gasteiger partial charge in [-0.1, -0.05) is 0 Å². The number of Topliss-reactive ketones (excluding diaryl/α,β-unsaturated/α-hetero) is 1. The van der Waals surface area contributed by atoms with Crippen LogP contribution in [0.15, 0.2) is 16.7 Å². The Morgan fingerprint density at radius 2 is 2.08 bits per heavy atom. The normalized spacial score (nSPS) is 14.0. The topological polar surface area (TPSA) is 63.4 Å². The third kappa shape index (κ3) is 3.93. The van der Waals surface area contributed by atoms with Crippen LogP contribution < -0.4 is 0 Å². The van der Waals surface area contributed by atoms with E-state index in [0.717, 1.165) is 33.9 Å². The van der Waals surface area contributed by atoms with Gasteiger partial charge in [0.25, 0.3) is 0 Å². The molecule has 0 saturated heterocycles. The van der Waals surface area contributed by atoms with Gasteiger partial charge in [-0.3, -0.25) is 9.59 Å². The summed E-state index contributed by atoms with van der Waals surface area (Å²) < 4.78 is 5.67. The van der Waals surface area contributed by atoms with Crippen LogP contribution in [0.4, 0.5) is 0 Å². The van der Waals surface area contributed by atoms with Crippen molar-refractivity contribution in [2.24, 2.45) is 0 Å². The van der Waals surface area contributed by atoms with E-state index in [-0.39, 0.29) is 24.5 Å². The lowest BCUT2D eigenvalue weighted by Gasteiger charge is -2.14. The largest absolute Gasteiger partial charge is 0.443 e. The summed E-state index contributed by atoms with van der Waals surface area (Å²) in [5, 5.41) is 0. The molecule has 2 heterocycles. The molecule has 5 nitrogen and oxygen atoms in total. The Kier molecular flexibility index (Phi) is 4.85. The minimum Gasteiger partial charge on any atom is -0.443 e. The number of amides is 1. The van der Waals surface area contributed by atoms with Gasteiger partial charge in [0.1, 0.15) is 5.76 Å². The van der Waals surface area contributed by atoms with Crippen molar-refractivity contribution in [3.8, 4) is 0 Å². The molecule has 0 radical (unpaired) electrons. The van der Waals surface area contributed by atoms with E-state index in [1.807, 2.05) is 19.9 Å². The number of carbonyl (C=O) groups is 2. The highest BCUT2D eigenvalue weighted by atomic mass is 32.1. The van der Waals surface area contributed by atoms with E-state index >= 15 is 0 Å². The van der Waals surface area contributed by atoms with Gasteiger partial charge in [0.15, 0.2) is 5.78 Å². The number of rotatable bonds is 7. The maximum absolute atomic E-state index is 12.3. The molecule has 0 aliphatic heterocycles. The SMILES string of the molecule is Cc1cc(C(=O)CCC(=O)N(C)Cc2ncc(C3CC3)o2)c(C)s1. The Morgan fingerprint density at radius 1 is 1.33 bits per heavy atom. The quantitative estimate of drug-likeness (QED) is 0.714. The van der Waals surface area contributed by atoms with E-state index in [4.69, 9.17) is 4.42 Å². The molecule has 0 N–H and O–H groups in total. The number of carbonyl (C=O) groups excluding carboxylic acids is 2. The molecule has 24 heavy (non-hydrogen) atoms. The second-order valence-electron chi connectivity index (χ2n) is 6.43. The van der Waals surface area contributed by atoms with Crippen molar-refractivity contribution in [3.05, 3.63) is 39.2 Å². The summed E-state index contributed by atoms with van der Waals surface area (Å²) in [6.07, 6.45) is 4.52. The Morgan fingerprint density at radius 3 is 2.71 bits per heavy atom. The molecule has 1 aliphatic rings. The van der Waals surface area contributed by atoms with Crippen molar-refractivity contribution in [3.63, 3.8) is 0 Å². The zero-order valence-corrected chi connectivity index (χ0v) is 15.1. The highest BCUT2D eigenvalue weighted by Gasteiger charge is 2.27. The number of nitrogens with zero attached hydrogens (tertiary/aromatic N) is 2. The molecule has 0 aromatic carbocycles. The predicted molar refractivity (Wildman–Crippen MR) is 92.3 cm³/mol. The molecule has 6 heteroatoms. The molecular weight excluding hydrogens is 324 g/mol. The van der Waals surface area contributed by atoms with Crippen LogP contribution in [0, 0.1) is 13.8 Å². The molecule has 1 amide bonds. The number of hydrogen-bond donors (Lipinski definition) is 0. The van der Waals surface area contributed by atoms with Crippen molar-refractivity contribution in [1.82, 2.24) is 9.88 Å². The average molecular weight is 346 g/mol. The standard InChI is InChI=1S/C18H22N2O3S/c1-11-8-14(12(2)24-11)15(21)6-7-18(22)20(3)10-17-19-9-16(23-17)13-4-5-13/h8-9,13H,4-7,10H2,1-3H3. The smallest absolute Gasteiger partial charge is 0.223 e. The zero-order chi connectivity index (χ0) is 17.3. The van der Waals surface area contributed by atoms with Crippen LogP contribution >= 0.6 is 11.3 Å². The lowest BCUT2D eigenvalue weighted by Crippen LogP contribution is -2.26. The summed E-state index contributed by atoms with van der Waals surface area (Å²) in [7, 11) is 1.72. The number of hydrogen-bond acceptors (Lipinski definition) is 5. The summed E-state index contributed by atoms with van der Waals surface area (Å²) >= 11 is 1.61. The Hall–Kier alpha value is -1.95. The van der Waals surface area contributed by atoms with Crippen LogP contribution in [0.5, 0.6) is 0 Å². The van der Waals surface area contributed by atoms with Gasteiger partial charge in [-0.15, -0.1) is 11.3 Å². The fraction of sp³-hybridized carbons (Fsp3) is 0.500. The number of thiophene rings is 1. The van der Waals surface area contributed by atoms with Gasteiger partial charge in [-0.25, -0.2) is 4.98 Å². The first kappa shape index (κ1) is 16.9. The summed E-state index contributed by atoms with van der Waals surface area (Å²) in [6.45, 7) is 4.27. The van der Waals surface area contributed by atoms with E-state index in [2.05, 4.69) is 4.98 Å². The molecule has 0 spiro atoms. The van der Waals surface area contributed by atoms with E-state index in [1.165, 1.54) is 0 Å². The average Bonchev–Trinajstić information content (AvgIpc) is 3.20. The van der Waals surface area contributed by atoms with E-state index in [9.17, 15) is 9.59 Å². The van der Waals surface area contributed by atoms with E-state index in [1.54, 1.807) is 29.5 Å². The number of ketones is 1. The van der Waals surface area contributed by atoms with Crippen LogP contribution in [0.3, 0.4) is 0 Å². The molecule has 1 saturated carbocycles. The molecule has 1 fully saturated rings. The molecule has 128 valence electrons. The van der Waals surface area contributed by atoms with Crippen LogP contribution in [-0.2, 0) is 11.3 Å². The van der Waals surface area contributed by atoms with Gasteiger partial charge in [0, 0.05) is 41.1 Å². The Balaban J connectivity index is 1.50. The zero-order valence-electron chi connectivity index (χ0n) is 14.3. The highest BCUT2D eigenvalue weighted by molar-refractivity contribution is 7.12. The van der Waals surface area contributed by atoms with Crippen LogP contribution in [-0.4, -0.2) is 28.6 Å². The van der Waals surface area contributed by atoms with Crippen molar-refractivity contribution >= 4 is 23.0 Å². The molecule has 0 bridgehead atoms. The molecule has 0 atom stereocenters. The van der Waals surface area contributed by atoms with Gasteiger partial charge in [0.2, 0.25) is 11.8 Å². The number of aryl methyl sites for hydroxylation is 2. The van der Waals surface area contributed by atoms with Crippen LogP contribution in [0.25, 0.3) is 0 Å². The maximum atomic E-state index is 12.3. The van der Waals surface area contributed by atoms with Gasteiger partial charge < -0.3 is 9.32 Å². The summed E-state index contributed by atoms with van der Waals surface area (Å²) in [5.74, 6) is 1.96. The molecule has 1 aliphatic carbocycles. The summed E-state index contributed by atoms with van der Waals surface area (Å²) in [5.41, 5.74) is 0.745. The summed E-state index contributed by atoms with van der Waals surface area (Å²) in [6, 6.07) is 1.91. The highest BCUT2D eigenvalue weighted by Crippen LogP contribution is 2.40. The first-order valence-corrected chi connectivity index (χ1v) is 9.04. The number of oxazole rings is 1. The number of aromatic nitrogens is 1. The molecule has 0 unspecified atom stereocenters. The van der Waals surface area contributed by atoms with Crippen molar-refractivity contribution in [2.75, 3.05) is 7.05 Å². The van der Waals surface area contributed by atoms with Gasteiger partial charge in [0.05, 0.1) is 12.7 Å². The van der Waals surface area contributed by atoms with Crippen LogP contribution in [0.1, 0.15) is 63.4 Å². The minimum absolute atomic E-state index is 0.0331. The van der Waals surface area contributed by atoms with E-state index in [0.29, 0.717) is 18.4 Å². The monoisotopic (exact) mass is 346 g/mol. The van der Waals surface area contributed by atoms with Crippen LogP contribution in [0.2, 0.25) is 0 Å². The fourth-order valence-corrected chi connectivity index (χ4v) is 3.64. The maximum Gasteiger partial charge on any atom is 0.223 e. The van der Waals surface area contributed by atoms with Gasteiger partial charge in [-0.05, 0) is 32.8 Å². The third-order valence-electron chi connectivity index (χ3n) is 4.26. The lowest BCUT2D eigenvalue weighted by molar-refractivity contribution is -0.130.